The minimum Gasteiger partial charge on any atom is -0.497 e. The van der Waals surface area contributed by atoms with Crippen molar-refractivity contribution in [3.05, 3.63) is 42.0 Å². The number of benzene rings is 2. The van der Waals surface area contributed by atoms with E-state index < -0.39 is 0 Å². The fourth-order valence-corrected chi connectivity index (χ4v) is 1.98. The summed E-state index contributed by atoms with van der Waals surface area (Å²) in [7, 11) is 4.60. The van der Waals surface area contributed by atoms with Crippen LogP contribution >= 0.6 is 0 Å². The van der Waals surface area contributed by atoms with E-state index in [0.29, 0.717) is 34.2 Å². The molecule has 0 saturated carbocycles. The molecule has 3 N–H and O–H groups in total. The van der Waals surface area contributed by atoms with E-state index in [9.17, 15) is 4.79 Å². The lowest BCUT2D eigenvalue weighted by Crippen LogP contribution is -2.13. The standard InChI is InChI=1S/C16H18N2O4/c1-20-11-5-7-15(22-3)13(9-11)18-16(19)10-4-6-14(21-2)12(17)8-10/h4-9H,17H2,1-3H3,(H,18,19). The molecule has 0 radical (unpaired) electrons. The van der Waals surface area contributed by atoms with Crippen LogP contribution in [-0.4, -0.2) is 27.2 Å². The lowest BCUT2D eigenvalue weighted by Gasteiger charge is -2.12. The largest absolute Gasteiger partial charge is 0.497 e. The number of anilines is 2. The molecule has 0 atom stereocenters. The van der Waals surface area contributed by atoms with E-state index in [1.54, 1.807) is 43.5 Å². The Morgan fingerprint density at radius 2 is 1.64 bits per heavy atom. The number of hydrogen-bond donors (Lipinski definition) is 2. The van der Waals surface area contributed by atoms with Gasteiger partial charge in [-0.05, 0) is 30.3 Å². The van der Waals surface area contributed by atoms with E-state index in [2.05, 4.69) is 5.32 Å². The zero-order valence-electron chi connectivity index (χ0n) is 12.7. The van der Waals surface area contributed by atoms with Crippen LogP contribution in [0.3, 0.4) is 0 Å². The molecule has 0 saturated heterocycles. The first-order valence-corrected chi connectivity index (χ1v) is 6.56. The number of carbonyl (C=O) groups is 1. The number of methoxy groups -OCH3 is 3. The summed E-state index contributed by atoms with van der Waals surface area (Å²) >= 11 is 0. The van der Waals surface area contributed by atoms with Crippen LogP contribution in [0.4, 0.5) is 11.4 Å². The van der Waals surface area contributed by atoms with Crippen LogP contribution in [0.15, 0.2) is 36.4 Å². The highest BCUT2D eigenvalue weighted by Gasteiger charge is 2.12. The van der Waals surface area contributed by atoms with Gasteiger partial charge in [-0.1, -0.05) is 0 Å². The summed E-state index contributed by atoms with van der Waals surface area (Å²) in [5.74, 6) is 1.37. The van der Waals surface area contributed by atoms with Gasteiger partial charge in [-0.15, -0.1) is 0 Å². The summed E-state index contributed by atoms with van der Waals surface area (Å²) in [6.45, 7) is 0. The second-order valence-electron chi connectivity index (χ2n) is 4.48. The first-order valence-electron chi connectivity index (χ1n) is 6.56. The van der Waals surface area contributed by atoms with Crippen molar-refractivity contribution in [2.45, 2.75) is 0 Å². The minimum absolute atomic E-state index is 0.305. The zero-order chi connectivity index (χ0) is 16.1. The van der Waals surface area contributed by atoms with Crippen molar-refractivity contribution in [1.29, 1.82) is 0 Å². The van der Waals surface area contributed by atoms with Gasteiger partial charge in [0.05, 0.1) is 32.7 Å². The van der Waals surface area contributed by atoms with Gasteiger partial charge in [0.1, 0.15) is 17.2 Å². The maximum Gasteiger partial charge on any atom is 0.255 e. The van der Waals surface area contributed by atoms with E-state index in [1.165, 1.54) is 14.2 Å². The Hall–Kier alpha value is -2.89. The predicted octanol–water partition coefficient (Wildman–Crippen LogP) is 2.55. The molecule has 0 fully saturated rings. The van der Waals surface area contributed by atoms with Gasteiger partial charge in [-0.25, -0.2) is 0 Å². The van der Waals surface area contributed by atoms with Crippen LogP contribution in [0, 0.1) is 0 Å². The van der Waals surface area contributed by atoms with Gasteiger partial charge >= 0.3 is 0 Å². The average molecular weight is 302 g/mol. The third kappa shape index (κ3) is 3.22. The number of rotatable bonds is 5. The molecule has 116 valence electrons. The van der Waals surface area contributed by atoms with E-state index in [4.69, 9.17) is 19.9 Å². The SMILES string of the molecule is COc1ccc(OC)c(NC(=O)c2ccc(OC)c(N)c2)c1. The maximum absolute atomic E-state index is 12.3. The fraction of sp³-hybridized carbons (Fsp3) is 0.188. The second kappa shape index (κ2) is 6.71. The predicted molar refractivity (Wildman–Crippen MR) is 84.9 cm³/mol. The summed E-state index contributed by atoms with van der Waals surface area (Å²) in [4.78, 5) is 12.3. The van der Waals surface area contributed by atoms with Crippen molar-refractivity contribution in [2.75, 3.05) is 32.4 Å². The van der Waals surface area contributed by atoms with Gasteiger partial charge < -0.3 is 25.3 Å². The Labute approximate surface area is 128 Å². The highest BCUT2D eigenvalue weighted by atomic mass is 16.5. The highest BCUT2D eigenvalue weighted by Crippen LogP contribution is 2.30. The Kier molecular flexibility index (Phi) is 4.73. The molecule has 22 heavy (non-hydrogen) atoms. The van der Waals surface area contributed by atoms with Crippen LogP contribution in [0.25, 0.3) is 0 Å². The molecule has 1 amide bonds. The van der Waals surface area contributed by atoms with Crippen LogP contribution in [-0.2, 0) is 0 Å². The number of ether oxygens (including phenoxy) is 3. The van der Waals surface area contributed by atoms with Gasteiger partial charge in [0.15, 0.2) is 0 Å². The quantitative estimate of drug-likeness (QED) is 0.829. The topological polar surface area (TPSA) is 82.8 Å². The van der Waals surface area contributed by atoms with Crippen LogP contribution in [0.1, 0.15) is 10.4 Å². The minimum atomic E-state index is -0.305. The maximum atomic E-state index is 12.3. The monoisotopic (exact) mass is 302 g/mol. The number of amides is 1. The molecule has 2 rings (SSSR count). The molecule has 2 aromatic carbocycles. The summed E-state index contributed by atoms with van der Waals surface area (Å²) in [5.41, 5.74) is 7.15. The number of nitrogens with two attached hydrogens (primary N) is 1. The summed E-state index contributed by atoms with van der Waals surface area (Å²) in [5, 5.41) is 2.78. The van der Waals surface area contributed by atoms with E-state index >= 15 is 0 Å². The molecular weight excluding hydrogens is 284 g/mol. The number of hydrogen-bond acceptors (Lipinski definition) is 5. The molecule has 0 aromatic heterocycles. The highest BCUT2D eigenvalue weighted by molar-refractivity contribution is 6.05. The average Bonchev–Trinajstić information content (AvgIpc) is 2.54. The normalized spacial score (nSPS) is 9.95. The zero-order valence-corrected chi connectivity index (χ0v) is 12.7. The van der Waals surface area contributed by atoms with Gasteiger partial charge in [-0.3, -0.25) is 4.79 Å². The number of nitrogen functional groups attached to an aromatic ring is 1. The molecule has 0 bridgehead atoms. The Morgan fingerprint density at radius 3 is 2.23 bits per heavy atom. The molecule has 0 aliphatic rings. The fourth-order valence-electron chi connectivity index (χ4n) is 1.98. The molecule has 0 spiro atoms. The third-order valence-electron chi connectivity index (χ3n) is 3.15. The lowest BCUT2D eigenvalue weighted by atomic mass is 10.1. The Balaban J connectivity index is 2.26. The molecule has 0 aliphatic heterocycles. The van der Waals surface area contributed by atoms with Crippen LogP contribution in [0.5, 0.6) is 17.2 Å². The van der Waals surface area contributed by atoms with E-state index in [0.717, 1.165) is 0 Å². The lowest BCUT2D eigenvalue weighted by molar-refractivity contribution is 0.102. The first kappa shape index (κ1) is 15.5. The van der Waals surface area contributed by atoms with E-state index in [1.807, 2.05) is 0 Å². The molecule has 6 heteroatoms. The molecule has 6 nitrogen and oxygen atoms in total. The molecular formula is C16H18N2O4. The van der Waals surface area contributed by atoms with E-state index in [-0.39, 0.29) is 5.91 Å². The van der Waals surface area contributed by atoms with Crippen molar-refractivity contribution in [3.8, 4) is 17.2 Å². The van der Waals surface area contributed by atoms with Crippen molar-refractivity contribution in [3.63, 3.8) is 0 Å². The first-order chi connectivity index (χ1) is 10.6. The van der Waals surface area contributed by atoms with Crippen molar-refractivity contribution < 1.29 is 19.0 Å². The van der Waals surface area contributed by atoms with Gasteiger partial charge in [0.25, 0.3) is 5.91 Å². The van der Waals surface area contributed by atoms with Gasteiger partial charge in [-0.2, -0.15) is 0 Å². The Morgan fingerprint density at radius 1 is 0.955 bits per heavy atom. The van der Waals surface area contributed by atoms with Crippen LogP contribution < -0.4 is 25.3 Å². The molecule has 0 heterocycles. The third-order valence-corrected chi connectivity index (χ3v) is 3.15. The van der Waals surface area contributed by atoms with Gasteiger partial charge in [0.2, 0.25) is 0 Å². The molecule has 0 unspecified atom stereocenters. The Bertz CT molecular complexity index is 686. The van der Waals surface area contributed by atoms with Crippen molar-refractivity contribution >= 4 is 17.3 Å². The van der Waals surface area contributed by atoms with Crippen molar-refractivity contribution in [2.24, 2.45) is 0 Å². The summed E-state index contributed by atoms with van der Waals surface area (Å²) in [6, 6.07) is 9.99. The smallest absolute Gasteiger partial charge is 0.255 e. The molecule has 2 aromatic rings. The second-order valence-corrected chi connectivity index (χ2v) is 4.48. The number of carbonyl (C=O) groups excluding carboxylic acids is 1. The number of nitrogens with one attached hydrogen (secondary N) is 1. The summed E-state index contributed by atoms with van der Waals surface area (Å²) in [6.07, 6.45) is 0. The van der Waals surface area contributed by atoms with Gasteiger partial charge in [0, 0.05) is 11.6 Å². The van der Waals surface area contributed by atoms with Crippen molar-refractivity contribution in [1.82, 2.24) is 0 Å². The summed E-state index contributed by atoms with van der Waals surface area (Å²) < 4.78 is 15.4. The molecule has 0 aliphatic carbocycles. The van der Waals surface area contributed by atoms with Crippen LogP contribution in [0.2, 0.25) is 0 Å².